The fourth-order valence-corrected chi connectivity index (χ4v) is 3.18. The summed E-state index contributed by atoms with van der Waals surface area (Å²) in [5, 5.41) is 6.76. The molecule has 2 aromatic rings. The summed E-state index contributed by atoms with van der Waals surface area (Å²) in [5.74, 6) is 0.971. The van der Waals surface area contributed by atoms with Gasteiger partial charge in [-0.3, -0.25) is 5.01 Å². The third kappa shape index (κ3) is 1.91. The van der Waals surface area contributed by atoms with E-state index in [-0.39, 0.29) is 6.04 Å². The van der Waals surface area contributed by atoms with Crippen molar-refractivity contribution in [1.29, 1.82) is 0 Å². The van der Waals surface area contributed by atoms with Gasteiger partial charge in [-0.25, -0.2) is 0 Å². The second kappa shape index (κ2) is 4.63. The van der Waals surface area contributed by atoms with Crippen LogP contribution in [-0.4, -0.2) is 17.5 Å². The maximum absolute atomic E-state index is 5.77. The summed E-state index contributed by atoms with van der Waals surface area (Å²) in [6.07, 6.45) is 0.927. The normalized spacial score (nSPS) is 19.9. The lowest BCUT2D eigenvalue weighted by atomic mass is 9.97. The van der Waals surface area contributed by atoms with Gasteiger partial charge in [-0.2, -0.15) is 5.10 Å². The zero-order valence-corrected chi connectivity index (χ0v) is 12.4. The average molecular weight is 329 g/mol. The molecule has 0 saturated carbocycles. The minimum absolute atomic E-state index is 0.284. The number of benzene rings is 2. The molecule has 1 atom stereocenters. The summed E-state index contributed by atoms with van der Waals surface area (Å²) >= 11 is 3.54. The minimum atomic E-state index is 0.284. The molecule has 2 aromatic carbocycles. The van der Waals surface area contributed by atoms with E-state index in [1.165, 1.54) is 11.1 Å². The molecule has 0 aliphatic carbocycles. The Hall–Kier alpha value is -1.81. The molecule has 0 N–H and O–H groups in total. The standard InChI is InChI=1S/C16H13BrN2O/c17-12-6-7-16-13(8-12)15-9-14(18-19(15)10-20-16)11-4-2-1-3-5-11/h1-8,15H,9-10H2/t15-/m0/s1. The van der Waals surface area contributed by atoms with E-state index in [1.54, 1.807) is 0 Å². The summed E-state index contributed by atoms with van der Waals surface area (Å²) < 4.78 is 6.85. The Labute approximate surface area is 126 Å². The number of ether oxygens (including phenoxy) is 1. The molecule has 0 unspecified atom stereocenters. The molecule has 2 heterocycles. The summed E-state index contributed by atoms with van der Waals surface area (Å²) in [4.78, 5) is 0. The predicted molar refractivity (Wildman–Crippen MR) is 81.8 cm³/mol. The topological polar surface area (TPSA) is 24.8 Å². The Morgan fingerprint density at radius 2 is 2.00 bits per heavy atom. The number of rotatable bonds is 1. The van der Waals surface area contributed by atoms with Crippen molar-refractivity contribution in [2.24, 2.45) is 5.10 Å². The van der Waals surface area contributed by atoms with Gasteiger partial charge in [0, 0.05) is 16.5 Å². The summed E-state index contributed by atoms with van der Waals surface area (Å²) in [6, 6.07) is 16.8. The lowest BCUT2D eigenvalue weighted by Gasteiger charge is -2.30. The highest BCUT2D eigenvalue weighted by atomic mass is 79.9. The maximum atomic E-state index is 5.77. The Morgan fingerprint density at radius 1 is 1.15 bits per heavy atom. The van der Waals surface area contributed by atoms with E-state index in [2.05, 4.69) is 46.3 Å². The Kier molecular flexibility index (Phi) is 2.77. The zero-order chi connectivity index (χ0) is 13.5. The number of fused-ring (bicyclic) bond motifs is 3. The van der Waals surface area contributed by atoms with Gasteiger partial charge in [-0.05, 0) is 23.8 Å². The van der Waals surface area contributed by atoms with Gasteiger partial charge >= 0.3 is 0 Å². The van der Waals surface area contributed by atoms with E-state index in [0.717, 1.165) is 22.4 Å². The fraction of sp³-hybridized carbons (Fsp3) is 0.188. The van der Waals surface area contributed by atoms with Crippen molar-refractivity contribution < 1.29 is 4.74 Å². The van der Waals surface area contributed by atoms with Gasteiger partial charge in [-0.15, -0.1) is 0 Å². The highest BCUT2D eigenvalue weighted by Gasteiger charge is 2.34. The summed E-state index contributed by atoms with van der Waals surface area (Å²) in [6.45, 7) is 0.523. The first-order valence-electron chi connectivity index (χ1n) is 6.63. The first-order chi connectivity index (χ1) is 9.81. The van der Waals surface area contributed by atoms with Gasteiger partial charge in [-0.1, -0.05) is 46.3 Å². The van der Waals surface area contributed by atoms with E-state index >= 15 is 0 Å². The molecular formula is C16H13BrN2O. The smallest absolute Gasteiger partial charge is 0.177 e. The van der Waals surface area contributed by atoms with Gasteiger partial charge in [0.1, 0.15) is 5.75 Å². The van der Waals surface area contributed by atoms with Crippen LogP contribution in [0.15, 0.2) is 58.1 Å². The second-order valence-corrected chi connectivity index (χ2v) is 5.94. The zero-order valence-electron chi connectivity index (χ0n) is 10.8. The number of hydrazone groups is 1. The number of halogens is 1. The van der Waals surface area contributed by atoms with Crippen molar-refractivity contribution in [2.75, 3.05) is 6.73 Å². The molecule has 0 radical (unpaired) electrons. The molecule has 4 rings (SSSR count). The Bertz CT molecular complexity index is 684. The van der Waals surface area contributed by atoms with Crippen molar-refractivity contribution in [1.82, 2.24) is 5.01 Å². The van der Waals surface area contributed by atoms with Gasteiger partial charge in [0.25, 0.3) is 0 Å². The predicted octanol–water partition coefficient (Wildman–Crippen LogP) is 3.95. The minimum Gasteiger partial charge on any atom is -0.471 e. The van der Waals surface area contributed by atoms with E-state index < -0.39 is 0 Å². The quantitative estimate of drug-likeness (QED) is 0.791. The molecule has 0 aromatic heterocycles. The van der Waals surface area contributed by atoms with Crippen LogP contribution < -0.4 is 4.74 Å². The first-order valence-corrected chi connectivity index (χ1v) is 7.42. The maximum Gasteiger partial charge on any atom is 0.177 e. The van der Waals surface area contributed by atoms with Crippen LogP contribution in [0.4, 0.5) is 0 Å². The van der Waals surface area contributed by atoms with E-state index in [9.17, 15) is 0 Å². The third-order valence-electron chi connectivity index (χ3n) is 3.79. The SMILES string of the molecule is Brc1ccc2c(c1)[C@@H]1CC(c3ccccc3)=NN1CO2. The molecule has 4 heteroatoms. The third-order valence-corrected chi connectivity index (χ3v) is 4.28. The van der Waals surface area contributed by atoms with Crippen molar-refractivity contribution in [2.45, 2.75) is 12.5 Å². The van der Waals surface area contributed by atoms with Crippen LogP contribution in [0.2, 0.25) is 0 Å². The molecule has 0 bridgehead atoms. The summed E-state index contributed by atoms with van der Waals surface area (Å²) in [5.41, 5.74) is 3.53. The Balaban J connectivity index is 1.70. The molecule has 2 aliphatic rings. The Morgan fingerprint density at radius 3 is 2.85 bits per heavy atom. The van der Waals surface area contributed by atoms with Crippen molar-refractivity contribution >= 4 is 21.6 Å². The number of hydrogen-bond acceptors (Lipinski definition) is 3. The largest absolute Gasteiger partial charge is 0.471 e. The van der Waals surface area contributed by atoms with Gasteiger partial charge in [0.15, 0.2) is 6.73 Å². The van der Waals surface area contributed by atoms with Crippen LogP contribution in [-0.2, 0) is 0 Å². The summed E-state index contributed by atoms with van der Waals surface area (Å²) in [7, 11) is 0. The molecule has 100 valence electrons. The van der Waals surface area contributed by atoms with Crippen LogP contribution in [0.25, 0.3) is 0 Å². The number of nitrogens with zero attached hydrogens (tertiary/aromatic N) is 2. The van der Waals surface area contributed by atoms with E-state index in [1.807, 2.05) is 23.2 Å². The molecule has 0 saturated heterocycles. The van der Waals surface area contributed by atoms with Crippen LogP contribution in [0, 0.1) is 0 Å². The van der Waals surface area contributed by atoms with Gasteiger partial charge < -0.3 is 4.74 Å². The van der Waals surface area contributed by atoms with E-state index in [4.69, 9.17) is 9.84 Å². The van der Waals surface area contributed by atoms with Gasteiger partial charge in [0.2, 0.25) is 0 Å². The molecule has 0 fully saturated rings. The second-order valence-electron chi connectivity index (χ2n) is 5.03. The van der Waals surface area contributed by atoms with Crippen LogP contribution in [0.3, 0.4) is 0 Å². The van der Waals surface area contributed by atoms with Crippen molar-refractivity contribution in [3.05, 3.63) is 64.1 Å². The molecule has 0 spiro atoms. The molecule has 20 heavy (non-hydrogen) atoms. The lowest BCUT2D eigenvalue weighted by molar-refractivity contribution is 0.0749. The van der Waals surface area contributed by atoms with Crippen LogP contribution in [0.5, 0.6) is 5.75 Å². The fourth-order valence-electron chi connectivity index (χ4n) is 2.80. The highest BCUT2D eigenvalue weighted by Crippen LogP contribution is 2.41. The molecule has 0 amide bonds. The number of hydrogen-bond donors (Lipinski definition) is 0. The van der Waals surface area contributed by atoms with Crippen molar-refractivity contribution in [3.63, 3.8) is 0 Å². The monoisotopic (exact) mass is 328 g/mol. The molecule has 2 aliphatic heterocycles. The van der Waals surface area contributed by atoms with Crippen molar-refractivity contribution in [3.8, 4) is 5.75 Å². The average Bonchev–Trinajstić information content (AvgIpc) is 2.93. The van der Waals surface area contributed by atoms with Crippen LogP contribution in [0.1, 0.15) is 23.6 Å². The highest BCUT2D eigenvalue weighted by molar-refractivity contribution is 9.10. The molecule has 3 nitrogen and oxygen atoms in total. The van der Waals surface area contributed by atoms with E-state index in [0.29, 0.717) is 6.73 Å². The first kappa shape index (κ1) is 12.0. The van der Waals surface area contributed by atoms with Gasteiger partial charge in [0.05, 0.1) is 11.8 Å². The van der Waals surface area contributed by atoms with Crippen LogP contribution >= 0.6 is 15.9 Å². The molecular weight excluding hydrogens is 316 g/mol. The lowest BCUT2D eigenvalue weighted by Crippen LogP contribution is -2.29.